The van der Waals surface area contributed by atoms with E-state index in [1.165, 1.54) is 25.1 Å². The first-order chi connectivity index (χ1) is 11.9. The zero-order valence-electron chi connectivity index (χ0n) is 12.9. The summed E-state index contributed by atoms with van der Waals surface area (Å²) < 4.78 is 38.6. The first kappa shape index (κ1) is 15.7. The van der Waals surface area contributed by atoms with Gasteiger partial charge in [-0.05, 0) is 30.9 Å². The van der Waals surface area contributed by atoms with Gasteiger partial charge in [0.05, 0.1) is 5.56 Å². The van der Waals surface area contributed by atoms with Crippen molar-refractivity contribution in [2.45, 2.75) is 19.0 Å². The fraction of sp³-hybridized carbons (Fsp3) is 0.312. The van der Waals surface area contributed by atoms with Crippen molar-refractivity contribution in [2.75, 3.05) is 6.54 Å². The number of nitrogens with zero attached hydrogens (tertiary/aromatic N) is 2. The molecule has 1 amide bonds. The third-order valence-electron chi connectivity index (χ3n) is 4.13. The van der Waals surface area contributed by atoms with E-state index >= 15 is 0 Å². The third kappa shape index (κ3) is 3.21. The number of rotatable bonds is 3. The highest BCUT2D eigenvalue weighted by Gasteiger charge is 2.31. The van der Waals surface area contributed by atoms with Crippen LogP contribution in [-0.2, 0) is 11.0 Å². The van der Waals surface area contributed by atoms with Gasteiger partial charge in [-0.3, -0.25) is 10.1 Å². The number of carbonyl (C=O) groups excluding carboxylic acids is 1. The van der Waals surface area contributed by atoms with Gasteiger partial charge in [-0.25, -0.2) is 9.98 Å². The Labute approximate surface area is 140 Å². The molecule has 0 spiro atoms. The van der Waals surface area contributed by atoms with E-state index in [0.717, 1.165) is 18.8 Å². The van der Waals surface area contributed by atoms with Crippen molar-refractivity contribution in [3.05, 3.63) is 35.3 Å². The first-order valence-electron chi connectivity index (χ1n) is 7.80. The number of hydrogen-bond donors (Lipinski definition) is 3. The monoisotopic (exact) mass is 349 g/mol. The summed E-state index contributed by atoms with van der Waals surface area (Å²) in [5.41, 5.74) is 0.0299. The van der Waals surface area contributed by atoms with Gasteiger partial charge in [0, 0.05) is 29.9 Å². The van der Waals surface area contributed by atoms with Gasteiger partial charge >= 0.3 is 6.18 Å². The standard InChI is InChI=1S/C16H14F3N5O/c17-16(18,19)10-4-11-9(6-20-13(11)21-7-10)3-12-14(25)24-15(23-12)22-5-8-1-2-8/h3-4,6-8H,1-2,5H2,(H,20,21)(H2,22,23,24,25)/b12-3-. The van der Waals surface area contributed by atoms with Crippen LogP contribution in [-0.4, -0.2) is 28.4 Å². The van der Waals surface area contributed by atoms with Gasteiger partial charge in [0.1, 0.15) is 11.3 Å². The maximum Gasteiger partial charge on any atom is 0.417 e. The lowest BCUT2D eigenvalue weighted by Gasteiger charge is -2.05. The molecule has 0 saturated heterocycles. The van der Waals surface area contributed by atoms with Gasteiger partial charge in [0.25, 0.3) is 5.91 Å². The molecule has 0 radical (unpaired) electrons. The molecule has 3 N–H and O–H groups in total. The first-order valence-corrected chi connectivity index (χ1v) is 7.80. The quantitative estimate of drug-likeness (QED) is 0.744. The van der Waals surface area contributed by atoms with E-state index in [0.29, 0.717) is 23.1 Å². The highest BCUT2D eigenvalue weighted by atomic mass is 19.4. The number of guanidine groups is 1. The Bertz CT molecular complexity index is 908. The maximum absolute atomic E-state index is 12.9. The number of halogens is 3. The number of pyridine rings is 1. The fourth-order valence-electron chi connectivity index (χ4n) is 2.56. The van der Waals surface area contributed by atoms with Gasteiger partial charge < -0.3 is 10.3 Å². The molecule has 2 aliphatic rings. The molecule has 1 aliphatic carbocycles. The normalized spacial score (nSPS) is 19.4. The molecule has 2 aromatic rings. The van der Waals surface area contributed by atoms with Crippen LogP contribution >= 0.6 is 0 Å². The number of H-pyrrole nitrogens is 1. The van der Waals surface area contributed by atoms with E-state index in [1.807, 2.05) is 0 Å². The lowest BCUT2D eigenvalue weighted by atomic mass is 10.1. The van der Waals surface area contributed by atoms with E-state index < -0.39 is 17.6 Å². The molecular weight excluding hydrogens is 335 g/mol. The zero-order chi connectivity index (χ0) is 17.6. The van der Waals surface area contributed by atoms with Crippen LogP contribution in [0.2, 0.25) is 0 Å². The Morgan fingerprint density at radius 2 is 2.16 bits per heavy atom. The molecule has 0 aromatic carbocycles. The summed E-state index contributed by atoms with van der Waals surface area (Å²) in [4.78, 5) is 22.7. The summed E-state index contributed by atoms with van der Waals surface area (Å²) in [5, 5.41) is 5.95. The Morgan fingerprint density at radius 1 is 1.36 bits per heavy atom. The molecule has 130 valence electrons. The average Bonchev–Trinajstić information content (AvgIpc) is 3.21. The van der Waals surface area contributed by atoms with E-state index in [2.05, 4.69) is 25.6 Å². The highest BCUT2D eigenvalue weighted by Crippen LogP contribution is 2.32. The van der Waals surface area contributed by atoms with Crippen LogP contribution in [0, 0.1) is 5.92 Å². The van der Waals surface area contributed by atoms with Crippen LogP contribution in [0.1, 0.15) is 24.0 Å². The van der Waals surface area contributed by atoms with E-state index in [4.69, 9.17) is 0 Å². The third-order valence-corrected chi connectivity index (χ3v) is 4.13. The van der Waals surface area contributed by atoms with E-state index in [9.17, 15) is 18.0 Å². The Morgan fingerprint density at radius 3 is 2.88 bits per heavy atom. The number of amides is 1. The summed E-state index contributed by atoms with van der Waals surface area (Å²) >= 11 is 0. The van der Waals surface area contributed by atoms with E-state index in [1.54, 1.807) is 0 Å². The molecule has 0 bridgehead atoms. The van der Waals surface area contributed by atoms with Crippen molar-refractivity contribution >= 4 is 29.0 Å². The van der Waals surface area contributed by atoms with Crippen LogP contribution in [0.4, 0.5) is 13.2 Å². The molecular formula is C16H14F3N5O. The van der Waals surface area contributed by atoms with Crippen LogP contribution in [0.3, 0.4) is 0 Å². The summed E-state index contributed by atoms with van der Waals surface area (Å²) in [5.74, 6) is 0.595. The van der Waals surface area contributed by atoms with Crippen molar-refractivity contribution in [1.29, 1.82) is 0 Å². The summed E-state index contributed by atoms with van der Waals surface area (Å²) in [6, 6.07) is 1.01. The van der Waals surface area contributed by atoms with Crippen LogP contribution in [0.25, 0.3) is 17.1 Å². The average molecular weight is 349 g/mol. The Hall–Kier alpha value is -2.84. The number of alkyl halides is 3. The second-order valence-electron chi connectivity index (χ2n) is 6.13. The minimum absolute atomic E-state index is 0.136. The minimum Gasteiger partial charge on any atom is -0.355 e. The van der Waals surface area contributed by atoms with Gasteiger partial charge in [-0.2, -0.15) is 13.2 Å². The number of fused-ring (bicyclic) bond motifs is 1. The zero-order valence-corrected chi connectivity index (χ0v) is 12.9. The number of hydrogen-bond acceptors (Lipinski definition) is 4. The summed E-state index contributed by atoms with van der Waals surface area (Å²) in [6.45, 7) is 0.748. The number of aromatic amines is 1. The Kier molecular flexibility index (Phi) is 3.52. The number of carbonyl (C=O) groups is 1. The van der Waals surface area contributed by atoms with Crippen molar-refractivity contribution in [3.8, 4) is 0 Å². The lowest BCUT2D eigenvalue weighted by Crippen LogP contribution is -2.37. The number of aromatic nitrogens is 2. The molecule has 0 unspecified atom stereocenters. The highest BCUT2D eigenvalue weighted by molar-refractivity contribution is 6.14. The molecule has 1 saturated carbocycles. The second kappa shape index (κ2) is 5.61. The molecule has 25 heavy (non-hydrogen) atoms. The number of nitrogens with one attached hydrogen (secondary N) is 3. The topological polar surface area (TPSA) is 82.2 Å². The van der Waals surface area contributed by atoms with Gasteiger partial charge in [0.15, 0.2) is 0 Å². The number of aliphatic imine (C=N–C) groups is 1. The van der Waals surface area contributed by atoms with Gasteiger partial charge in [-0.15, -0.1) is 0 Å². The summed E-state index contributed by atoms with van der Waals surface area (Å²) in [7, 11) is 0. The molecule has 2 aromatic heterocycles. The molecule has 4 rings (SSSR count). The molecule has 1 fully saturated rings. The largest absolute Gasteiger partial charge is 0.417 e. The smallest absolute Gasteiger partial charge is 0.355 e. The second-order valence-corrected chi connectivity index (χ2v) is 6.13. The molecule has 9 heteroatoms. The van der Waals surface area contributed by atoms with Crippen molar-refractivity contribution in [1.82, 2.24) is 20.6 Å². The lowest BCUT2D eigenvalue weighted by molar-refractivity contribution is -0.137. The van der Waals surface area contributed by atoms with E-state index in [-0.39, 0.29) is 11.1 Å². The predicted octanol–water partition coefficient (Wildman–Crippen LogP) is 2.41. The predicted molar refractivity (Wildman–Crippen MR) is 85.4 cm³/mol. The van der Waals surface area contributed by atoms with Crippen LogP contribution in [0.15, 0.2) is 29.1 Å². The molecule has 0 atom stereocenters. The maximum atomic E-state index is 12.9. The van der Waals surface area contributed by atoms with Crippen molar-refractivity contribution < 1.29 is 18.0 Å². The van der Waals surface area contributed by atoms with Crippen molar-refractivity contribution in [2.24, 2.45) is 10.9 Å². The molecule has 1 aliphatic heterocycles. The van der Waals surface area contributed by atoms with Crippen LogP contribution in [0.5, 0.6) is 0 Å². The minimum atomic E-state index is -4.48. The van der Waals surface area contributed by atoms with Gasteiger partial charge in [-0.1, -0.05) is 0 Å². The summed E-state index contributed by atoms with van der Waals surface area (Å²) in [6.07, 6.45) is 1.58. The SMILES string of the molecule is O=C1NC(NCC2CC2)=N/C1=C\c1c[nH]c2ncc(C(F)(F)F)cc12. The molecule has 3 heterocycles. The molecule has 6 nitrogen and oxygen atoms in total. The van der Waals surface area contributed by atoms with Crippen molar-refractivity contribution in [3.63, 3.8) is 0 Å². The van der Waals surface area contributed by atoms with Gasteiger partial charge in [0.2, 0.25) is 5.96 Å². The fourth-order valence-corrected chi connectivity index (χ4v) is 2.56. The van der Waals surface area contributed by atoms with Crippen LogP contribution < -0.4 is 10.6 Å². The Balaban J connectivity index is 1.64.